The molecule has 0 radical (unpaired) electrons. The summed E-state index contributed by atoms with van der Waals surface area (Å²) in [5.74, 6) is 2.47. The Morgan fingerprint density at radius 1 is 1.22 bits per heavy atom. The second-order valence-electron chi connectivity index (χ2n) is 8.36. The molecule has 0 aromatic carbocycles. The van der Waals surface area contributed by atoms with Gasteiger partial charge in [0.05, 0.1) is 19.7 Å². The Bertz CT molecular complexity index is 486. The van der Waals surface area contributed by atoms with Gasteiger partial charge in [-0.2, -0.15) is 0 Å². The third-order valence-corrected chi connectivity index (χ3v) is 6.09. The molecule has 0 unspecified atom stereocenters. The zero-order chi connectivity index (χ0) is 16.0. The number of hydrogen-bond acceptors (Lipinski definition) is 3. The van der Waals surface area contributed by atoms with Crippen molar-refractivity contribution in [1.29, 1.82) is 0 Å². The maximum Gasteiger partial charge on any atom is 0.226 e. The van der Waals surface area contributed by atoms with Crippen molar-refractivity contribution in [2.24, 2.45) is 23.7 Å². The number of ether oxygens (including phenoxy) is 1. The molecule has 3 atom stereocenters. The van der Waals surface area contributed by atoms with Crippen molar-refractivity contribution >= 4 is 11.8 Å². The van der Waals surface area contributed by atoms with Gasteiger partial charge in [-0.3, -0.25) is 9.59 Å². The lowest BCUT2D eigenvalue weighted by molar-refractivity contribution is -0.189. The SMILES string of the molecule is C[C@@H]1C[C@@H]1C(=O)N1CC2(CC[C@@H](CNC(=O)CC3CC3)CO2)C1. The summed E-state index contributed by atoms with van der Waals surface area (Å²) in [5, 5.41) is 3.06. The second-order valence-corrected chi connectivity index (χ2v) is 8.36. The summed E-state index contributed by atoms with van der Waals surface area (Å²) in [5.41, 5.74) is -0.0810. The van der Waals surface area contributed by atoms with Crippen LogP contribution in [-0.2, 0) is 14.3 Å². The molecule has 2 saturated heterocycles. The summed E-state index contributed by atoms with van der Waals surface area (Å²) in [6.07, 6.45) is 6.31. The molecule has 2 aliphatic heterocycles. The third kappa shape index (κ3) is 3.39. The predicted molar refractivity (Wildman–Crippen MR) is 85.6 cm³/mol. The largest absolute Gasteiger partial charge is 0.371 e. The Morgan fingerprint density at radius 3 is 2.52 bits per heavy atom. The van der Waals surface area contributed by atoms with Gasteiger partial charge in [-0.25, -0.2) is 0 Å². The zero-order valence-corrected chi connectivity index (χ0v) is 14.1. The molecule has 23 heavy (non-hydrogen) atoms. The van der Waals surface area contributed by atoms with Crippen molar-refractivity contribution in [3.05, 3.63) is 0 Å². The molecule has 0 aromatic rings. The maximum absolute atomic E-state index is 12.2. The molecule has 1 spiro atoms. The van der Waals surface area contributed by atoms with Gasteiger partial charge in [0, 0.05) is 18.9 Å². The van der Waals surface area contributed by atoms with Gasteiger partial charge < -0.3 is 15.0 Å². The standard InChI is InChI=1S/C18H28N2O3/c1-12-6-15(12)17(22)20-10-18(11-20)5-4-14(9-23-18)8-19-16(21)7-13-2-3-13/h12-15H,2-11H2,1H3,(H,19,21)/t12-,14+,15+/m1/s1. The van der Waals surface area contributed by atoms with E-state index in [9.17, 15) is 9.59 Å². The van der Waals surface area contributed by atoms with E-state index in [-0.39, 0.29) is 17.4 Å². The highest BCUT2D eigenvalue weighted by molar-refractivity contribution is 5.82. The number of likely N-dealkylation sites (tertiary alicyclic amines) is 1. The Balaban J connectivity index is 1.15. The summed E-state index contributed by atoms with van der Waals surface area (Å²) in [6, 6.07) is 0. The van der Waals surface area contributed by atoms with Crippen LogP contribution in [0.5, 0.6) is 0 Å². The predicted octanol–water partition coefficient (Wildman–Crippen LogP) is 1.57. The van der Waals surface area contributed by atoms with Crippen LogP contribution in [0.25, 0.3) is 0 Å². The molecule has 2 aliphatic carbocycles. The number of rotatable bonds is 5. The Labute approximate surface area is 138 Å². The molecule has 1 N–H and O–H groups in total. The van der Waals surface area contributed by atoms with E-state index in [0.717, 1.165) is 38.9 Å². The molecule has 4 fully saturated rings. The van der Waals surface area contributed by atoms with E-state index in [2.05, 4.69) is 12.2 Å². The van der Waals surface area contributed by atoms with E-state index >= 15 is 0 Å². The van der Waals surface area contributed by atoms with E-state index in [1.807, 2.05) is 4.90 Å². The number of nitrogens with one attached hydrogen (secondary N) is 1. The summed E-state index contributed by atoms with van der Waals surface area (Å²) in [6.45, 7) is 5.15. The van der Waals surface area contributed by atoms with Crippen LogP contribution in [0.3, 0.4) is 0 Å². The fourth-order valence-electron chi connectivity index (χ4n) is 3.95. The average Bonchev–Trinajstić information content (AvgIpc) is 3.41. The lowest BCUT2D eigenvalue weighted by atomic mass is 9.82. The van der Waals surface area contributed by atoms with Crippen molar-refractivity contribution in [3.8, 4) is 0 Å². The number of carbonyl (C=O) groups is 2. The number of carbonyl (C=O) groups excluding carboxylic acids is 2. The highest BCUT2D eigenvalue weighted by Gasteiger charge is 2.52. The van der Waals surface area contributed by atoms with Crippen LogP contribution in [0.2, 0.25) is 0 Å². The van der Waals surface area contributed by atoms with Crippen LogP contribution in [0.1, 0.15) is 45.4 Å². The van der Waals surface area contributed by atoms with Crippen LogP contribution < -0.4 is 5.32 Å². The van der Waals surface area contributed by atoms with E-state index in [1.54, 1.807) is 0 Å². The average molecular weight is 320 g/mol. The molecule has 4 aliphatic rings. The van der Waals surface area contributed by atoms with Crippen molar-refractivity contribution < 1.29 is 14.3 Å². The molecule has 2 saturated carbocycles. The van der Waals surface area contributed by atoms with Crippen LogP contribution in [-0.4, -0.2) is 48.6 Å². The highest BCUT2D eigenvalue weighted by Crippen LogP contribution is 2.43. The first-order valence-corrected chi connectivity index (χ1v) is 9.24. The fourth-order valence-corrected chi connectivity index (χ4v) is 3.95. The molecular weight excluding hydrogens is 292 g/mol. The fraction of sp³-hybridized carbons (Fsp3) is 0.889. The van der Waals surface area contributed by atoms with Crippen LogP contribution in [0.15, 0.2) is 0 Å². The zero-order valence-electron chi connectivity index (χ0n) is 14.1. The molecule has 128 valence electrons. The normalized spacial score (nSPS) is 34.8. The molecular formula is C18H28N2O3. The molecule has 5 nitrogen and oxygen atoms in total. The quantitative estimate of drug-likeness (QED) is 0.836. The van der Waals surface area contributed by atoms with Crippen LogP contribution in [0, 0.1) is 23.7 Å². The summed E-state index contributed by atoms with van der Waals surface area (Å²) < 4.78 is 6.10. The Kier molecular flexibility index (Phi) is 3.87. The van der Waals surface area contributed by atoms with Gasteiger partial charge in [0.25, 0.3) is 0 Å². The summed E-state index contributed by atoms with van der Waals surface area (Å²) >= 11 is 0. The van der Waals surface area contributed by atoms with Gasteiger partial charge in [-0.1, -0.05) is 6.92 Å². The van der Waals surface area contributed by atoms with Gasteiger partial charge in [0.1, 0.15) is 5.60 Å². The Hall–Kier alpha value is -1.10. The molecule has 4 rings (SSSR count). The van der Waals surface area contributed by atoms with Crippen molar-refractivity contribution in [1.82, 2.24) is 10.2 Å². The summed E-state index contributed by atoms with van der Waals surface area (Å²) in [7, 11) is 0. The topological polar surface area (TPSA) is 58.6 Å². The number of nitrogens with zero attached hydrogens (tertiary/aromatic N) is 1. The smallest absolute Gasteiger partial charge is 0.226 e. The summed E-state index contributed by atoms with van der Waals surface area (Å²) in [4.78, 5) is 25.9. The first-order valence-electron chi connectivity index (χ1n) is 9.24. The van der Waals surface area contributed by atoms with Gasteiger partial charge in [0.15, 0.2) is 0 Å². The van der Waals surface area contributed by atoms with Crippen LogP contribution >= 0.6 is 0 Å². The minimum Gasteiger partial charge on any atom is -0.371 e. The van der Waals surface area contributed by atoms with Crippen LogP contribution in [0.4, 0.5) is 0 Å². The lowest BCUT2D eigenvalue weighted by Gasteiger charge is -2.53. The molecule has 5 heteroatoms. The lowest BCUT2D eigenvalue weighted by Crippen LogP contribution is -2.66. The third-order valence-electron chi connectivity index (χ3n) is 6.09. The monoisotopic (exact) mass is 320 g/mol. The first kappa shape index (κ1) is 15.4. The van der Waals surface area contributed by atoms with E-state index in [1.165, 1.54) is 12.8 Å². The maximum atomic E-state index is 12.2. The second kappa shape index (κ2) is 5.76. The molecule has 2 heterocycles. The molecule has 0 aromatic heterocycles. The van der Waals surface area contributed by atoms with Gasteiger partial charge in [0.2, 0.25) is 11.8 Å². The van der Waals surface area contributed by atoms with E-state index < -0.39 is 0 Å². The first-order chi connectivity index (χ1) is 11.0. The van der Waals surface area contributed by atoms with E-state index in [0.29, 0.717) is 36.7 Å². The van der Waals surface area contributed by atoms with Crippen molar-refractivity contribution in [2.45, 2.75) is 51.0 Å². The molecule has 0 bridgehead atoms. The van der Waals surface area contributed by atoms with Crippen molar-refractivity contribution in [2.75, 3.05) is 26.2 Å². The Morgan fingerprint density at radius 2 is 1.96 bits per heavy atom. The van der Waals surface area contributed by atoms with Gasteiger partial charge >= 0.3 is 0 Å². The molecule has 2 amide bonds. The number of hydrogen-bond donors (Lipinski definition) is 1. The van der Waals surface area contributed by atoms with Crippen molar-refractivity contribution in [3.63, 3.8) is 0 Å². The van der Waals surface area contributed by atoms with Gasteiger partial charge in [-0.15, -0.1) is 0 Å². The minimum atomic E-state index is -0.0810. The van der Waals surface area contributed by atoms with E-state index in [4.69, 9.17) is 4.74 Å². The highest BCUT2D eigenvalue weighted by atomic mass is 16.5. The van der Waals surface area contributed by atoms with Gasteiger partial charge in [-0.05, 0) is 49.9 Å². The minimum absolute atomic E-state index is 0.0810. The number of amides is 2.